The molecule has 0 spiro atoms. The Hall–Kier alpha value is -4.59. The van der Waals surface area contributed by atoms with E-state index in [9.17, 15) is 23.1 Å². The fourth-order valence-corrected chi connectivity index (χ4v) is 4.68. The molecule has 0 radical (unpaired) electrons. The van der Waals surface area contributed by atoms with E-state index in [2.05, 4.69) is 10.4 Å². The van der Waals surface area contributed by atoms with Gasteiger partial charge in [0.15, 0.2) is 0 Å². The number of anilines is 2. The molecule has 0 aliphatic rings. The van der Waals surface area contributed by atoms with Crippen molar-refractivity contribution in [3.63, 3.8) is 0 Å². The largest absolute Gasteiger partial charge is 0.481 e. The summed E-state index contributed by atoms with van der Waals surface area (Å²) >= 11 is 0. The first-order chi connectivity index (χ1) is 18.7. The average Bonchev–Trinajstić information content (AvgIpc) is 3.26. The lowest BCUT2D eigenvalue weighted by atomic mass is 10.0. The summed E-state index contributed by atoms with van der Waals surface area (Å²) in [5.74, 6) is -1.36. The van der Waals surface area contributed by atoms with Gasteiger partial charge in [-0.05, 0) is 47.9 Å². The van der Waals surface area contributed by atoms with Crippen molar-refractivity contribution in [2.75, 3.05) is 5.32 Å². The summed E-state index contributed by atoms with van der Waals surface area (Å²) in [6.07, 6.45) is -4.13. The molecule has 8 heteroatoms. The molecule has 0 saturated heterocycles. The molecule has 1 atom stereocenters. The van der Waals surface area contributed by atoms with Crippen LogP contribution in [0, 0.1) is 5.92 Å². The third kappa shape index (κ3) is 5.80. The van der Waals surface area contributed by atoms with E-state index in [1.807, 2.05) is 78.9 Å². The first-order valence-corrected chi connectivity index (χ1v) is 12.5. The Morgan fingerprint density at radius 2 is 1.56 bits per heavy atom. The van der Waals surface area contributed by atoms with E-state index in [0.717, 1.165) is 28.6 Å². The van der Waals surface area contributed by atoms with Crippen LogP contribution in [0.1, 0.15) is 23.6 Å². The van der Waals surface area contributed by atoms with Crippen molar-refractivity contribution in [2.24, 2.45) is 5.92 Å². The number of carbonyl (C=O) groups is 1. The van der Waals surface area contributed by atoms with Crippen LogP contribution in [0.3, 0.4) is 0 Å². The Kier molecular flexibility index (Phi) is 7.11. The Balaban J connectivity index is 1.55. The van der Waals surface area contributed by atoms with Crippen LogP contribution in [-0.2, 0) is 23.9 Å². The molecule has 1 aromatic heterocycles. The SMILES string of the molecule is CC(Cc1cccc(Nc2cccc(-c3c4cccc(C(F)(F)F)c4nn3Cc3ccccc3)c2)c1)C(=O)O. The van der Waals surface area contributed by atoms with E-state index in [1.165, 1.54) is 6.07 Å². The highest BCUT2D eigenvalue weighted by atomic mass is 19.4. The zero-order valence-electron chi connectivity index (χ0n) is 21.1. The number of nitrogens with zero attached hydrogens (tertiary/aromatic N) is 2. The normalized spacial score (nSPS) is 12.4. The molecule has 2 N–H and O–H groups in total. The van der Waals surface area contributed by atoms with E-state index in [1.54, 1.807) is 17.7 Å². The van der Waals surface area contributed by atoms with E-state index in [0.29, 0.717) is 29.6 Å². The molecule has 0 aliphatic carbocycles. The topological polar surface area (TPSA) is 67.2 Å². The molecule has 0 bridgehead atoms. The molecule has 0 fully saturated rings. The highest BCUT2D eigenvalue weighted by Crippen LogP contribution is 2.38. The molecule has 1 heterocycles. The standard InChI is InChI=1S/C31H26F3N3O2/c1-20(30(38)39)16-22-10-5-12-24(17-22)35-25-13-6-11-23(18-25)29-26-14-7-15-27(31(32,33)34)28(26)36-37(29)19-21-8-3-2-4-9-21/h2-15,17-18,20,35H,16,19H2,1H3,(H,38,39). The number of rotatable bonds is 8. The second-order valence-corrected chi connectivity index (χ2v) is 9.54. The monoisotopic (exact) mass is 529 g/mol. The Morgan fingerprint density at radius 3 is 2.28 bits per heavy atom. The van der Waals surface area contributed by atoms with Crippen LogP contribution in [0.5, 0.6) is 0 Å². The zero-order chi connectivity index (χ0) is 27.6. The highest BCUT2D eigenvalue weighted by molar-refractivity contribution is 5.96. The van der Waals surface area contributed by atoms with Crippen molar-refractivity contribution in [2.45, 2.75) is 26.1 Å². The number of carboxylic acid groups (broad SMARTS) is 1. The van der Waals surface area contributed by atoms with E-state index in [-0.39, 0.29) is 5.52 Å². The molecular weight excluding hydrogens is 503 g/mol. The maximum absolute atomic E-state index is 13.9. The minimum Gasteiger partial charge on any atom is -0.481 e. The molecule has 0 amide bonds. The average molecular weight is 530 g/mol. The summed E-state index contributed by atoms with van der Waals surface area (Å²) in [4.78, 5) is 11.3. The van der Waals surface area contributed by atoms with E-state index in [4.69, 9.17) is 0 Å². The summed E-state index contributed by atoms with van der Waals surface area (Å²) < 4.78 is 43.2. The molecule has 5 aromatic rings. The number of benzene rings is 4. The minimum atomic E-state index is -4.53. The second kappa shape index (κ2) is 10.6. The Labute approximate surface area is 223 Å². The fourth-order valence-electron chi connectivity index (χ4n) is 4.68. The van der Waals surface area contributed by atoms with Crippen molar-refractivity contribution in [1.82, 2.24) is 9.78 Å². The van der Waals surface area contributed by atoms with Crippen LogP contribution in [0.15, 0.2) is 97.1 Å². The van der Waals surface area contributed by atoms with Crippen LogP contribution < -0.4 is 5.32 Å². The smallest absolute Gasteiger partial charge is 0.418 e. The van der Waals surface area contributed by atoms with Gasteiger partial charge in [0.05, 0.1) is 23.7 Å². The maximum Gasteiger partial charge on any atom is 0.418 e. The molecule has 198 valence electrons. The van der Waals surface area contributed by atoms with Crippen LogP contribution in [0.4, 0.5) is 24.5 Å². The van der Waals surface area contributed by atoms with Crippen LogP contribution in [0.2, 0.25) is 0 Å². The fraction of sp³-hybridized carbons (Fsp3) is 0.161. The predicted octanol–water partition coefficient (Wildman–Crippen LogP) is 7.78. The number of alkyl halides is 3. The third-order valence-electron chi connectivity index (χ3n) is 6.57. The summed E-state index contributed by atoms with van der Waals surface area (Å²) in [7, 11) is 0. The van der Waals surface area contributed by atoms with Crippen molar-refractivity contribution >= 4 is 28.2 Å². The zero-order valence-corrected chi connectivity index (χ0v) is 21.1. The lowest BCUT2D eigenvalue weighted by Gasteiger charge is -2.13. The molecule has 4 aromatic carbocycles. The lowest BCUT2D eigenvalue weighted by Crippen LogP contribution is -2.12. The van der Waals surface area contributed by atoms with Gasteiger partial charge in [0.25, 0.3) is 0 Å². The number of nitrogens with one attached hydrogen (secondary N) is 1. The van der Waals surface area contributed by atoms with Crippen molar-refractivity contribution < 1.29 is 23.1 Å². The van der Waals surface area contributed by atoms with Gasteiger partial charge in [-0.15, -0.1) is 0 Å². The van der Waals surface area contributed by atoms with Gasteiger partial charge in [0.2, 0.25) is 0 Å². The van der Waals surface area contributed by atoms with Crippen molar-refractivity contribution in [1.29, 1.82) is 0 Å². The molecule has 5 rings (SSSR count). The summed E-state index contributed by atoms with van der Waals surface area (Å²) in [6, 6.07) is 28.6. The molecule has 0 saturated carbocycles. The number of hydrogen-bond donors (Lipinski definition) is 2. The number of carboxylic acids is 1. The van der Waals surface area contributed by atoms with E-state index < -0.39 is 23.6 Å². The van der Waals surface area contributed by atoms with Gasteiger partial charge >= 0.3 is 12.1 Å². The Bertz CT molecular complexity index is 1630. The van der Waals surface area contributed by atoms with Gasteiger partial charge < -0.3 is 10.4 Å². The number of aliphatic carboxylic acids is 1. The van der Waals surface area contributed by atoms with Gasteiger partial charge in [0, 0.05) is 22.3 Å². The number of hydrogen-bond acceptors (Lipinski definition) is 3. The van der Waals surface area contributed by atoms with Gasteiger partial charge in [0.1, 0.15) is 5.52 Å². The molecule has 5 nitrogen and oxygen atoms in total. The van der Waals surface area contributed by atoms with Gasteiger partial charge in [-0.3, -0.25) is 9.48 Å². The summed E-state index contributed by atoms with van der Waals surface area (Å²) in [5.41, 5.74) is 3.78. The van der Waals surface area contributed by atoms with Crippen LogP contribution >= 0.6 is 0 Å². The predicted molar refractivity (Wildman–Crippen MR) is 146 cm³/mol. The second-order valence-electron chi connectivity index (χ2n) is 9.54. The summed E-state index contributed by atoms with van der Waals surface area (Å²) in [5, 5.41) is 17.4. The molecule has 39 heavy (non-hydrogen) atoms. The number of halogens is 3. The third-order valence-corrected chi connectivity index (χ3v) is 6.57. The van der Waals surface area contributed by atoms with Gasteiger partial charge in [-0.25, -0.2) is 0 Å². The first-order valence-electron chi connectivity index (χ1n) is 12.5. The van der Waals surface area contributed by atoms with Crippen LogP contribution in [0.25, 0.3) is 22.2 Å². The van der Waals surface area contributed by atoms with Gasteiger partial charge in [-0.1, -0.05) is 73.7 Å². The van der Waals surface area contributed by atoms with E-state index >= 15 is 0 Å². The highest BCUT2D eigenvalue weighted by Gasteiger charge is 2.34. The first kappa shape index (κ1) is 26.0. The number of fused-ring (bicyclic) bond motifs is 1. The van der Waals surface area contributed by atoms with Crippen molar-refractivity contribution in [3.8, 4) is 11.3 Å². The Morgan fingerprint density at radius 1 is 0.897 bits per heavy atom. The lowest BCUT2D eigenvalue weighted by molar-refractivity contribution is -0.141. The van der Waals surface area contributed by atoms with Crippen molar-refractivity contribution in [3.05, 3.63) is 114 Å². The van der Waals surface area contributed by atoms with Crippen LogP contribution in [-0.4, -0.2) is 20.9 Å². The quantitative estimate of drug-likeness (QED) is 0.215. The summed E-state index contributed by atoms with van der Waals surface area (Å²) in [6.45, 7) is 1.97. The molecular formula is C31H26F3N3O2. The maximum atomic E-state index is 13.9. The number of aromatic nitrogens is 2. The van der Waals surface area contributed by atoms with Gasteiger partial charge in [-0.2, -0.15) is 18.3 Å². The molecule has 0 aliphatic heterocycles. The minimum absolute atomic E-state index is 0.0884. The molecule has 1 unspecified atom stereocenters.